The smallest absolute Gasteiger partial charge is 0.389 e. The molecule has 0 saturated heterocycles. The van der Waals surface area contributed by atoms with Crippen molar-refractivity contribution >= 4 is 7.82 Å². The number of aliphatic hydroxyl groups is 1. The van der Waals surface area contributed by atoms with Gasteiger partial charge in [-0.15, -0.1) is 0 Å². The van der Waals surface area contributed by atoms with Gasteiger partial charge in [0.2, 0.25) is 0 Å². The molecule has 0 saturated carbocycles. The van der Waals surface area contributed by atoms with Crippen molar-refractivity contribution < 1.29 is 24.4 Å². The maximum absolute atomic E-state index is 10.4. The van der Waals surface area contributed by atoms with Crippen molar-refractivity contribution in [2.45, 2.75) is 52.6 Å². The minimum absolute atomic E-state index is 0.136. The summed E-state index contributed by atoms with van der Waals surface area (Å²) in [5, 5.41) is 10.4. The predicted octanol–water partition coefficient (Wildman–Crippen LogP) is 3.08. The molecule has 1 aliphatic carbocycles. The molecular weight excluding hydrogens is 291 g/mol. The molecular formula is C15H27O5P. The molecule has 1 rings (SSSR count). The minimum Gasteiger partial charge on any atom is -0.389 e. The number of allylic oxidation sites excluding steroid dienone is 4. The van der Waals surface area contributed by atoms with E-state index < -0.39 is 13.4 Å². The molecule has 0 heterocycles. The van der Waals surface area contributed by atoms with Gasteiger partial charge in [0.05, 0.1) is 5.60 Å². The van der Waals surface area contributed by atoms with Crippen LogP contribution in [0.25, 0.3) is 0 Å². The molecule has 1 atom stereocenters. The molecule has 0 spiro atoms. The van der Waals surface area contributed by atoms with Gasteiger partial charge >= 0.3 is 7.82 Å². The summed E-state index contributed by atoms with van der Waals surface area (Å²) in [6, 6.07) is 0. The molecule has 21 heavy (non-hydrogen) atoms. The fourth-order valence-corrected chi connectivity index (χ4v) is 2.13. The Hall–Kier alpha value is -0.710. The monoisotopic (exact) mass is 318 g/mol. The van der Waals surface area contributed by atoms with E-state index in [1.54, 1.807) is 0 Å². The molecule has 0 radical (unpaired) electrons. The molecule has 0 fully saturated rings. The lowest BCUT2D eigenvalue weighted by molar-refractivity contribution is -0.0443. The van der Waals surface area contributed by atoms with E-state index in [1.165, 1.54) is 11.1 Å². The zero-order valence-electron chi connectivity index (χ0n) is 13.2. The average Bonchev–Trinajstić information content (AvgIpc) is 2.28. The summed E-state index contributed by atoms with van der Waals surface area (Å²) in [6.07, 6.45) is 9.09. The highest BCUT2D eigenvalue weighted by atomic mass is 31.2. The van der Waals surface area contributed by atoms with Crippen LogP contribution in [0, 0.1) is 5.41 Å². The third-order valence-electron chi connectivity index (χ3n) is 4.14. The van der Waals surface area contributed by atoms with Crippen LogP contribution in [0.5, 0.6) is 0 Å². The molecule has 0 aliphatic heterocycles. The topological polar surface area (TPSA) is 98.0 Å². The van der Waals surface area contributed by atoms with Gasteiger partial charge in [-0.1, -0.05) is 49.8 Å². The van der Waals surface area contributed by atoms with Crippen LogP contribution in [-0.2, 0) is 4.57 Å². The first-order valence-electron chi connectivity index (χ1n) is 6.80. The van der Waals surface area contributed by atoms with Gasteiger partial charge in [0.1, 0.15) is 0 Å². The van der Waals surface area contributed by atoms with Gasteiger partial charge in [-0.25, -0.2) is 4.57 Å². The molecule has 0 aromatic heterocycles. The lowest BCUT2D eigenvalue weighted by Crippen LogP contribution is -2.45. The van der Waals surface area contributed by atoms with Crippen LogP contribution < -0.4 is 0 Å². The molecule has 0 aromatic rings. The van der Waals surface area contributed by atoms with Gasteiger partial charge in [0, 0.05) is 5.41 Å². The Morgan fingerprint density at radius 2 is 1.86 bits per heavy atom. The highest BCUT2D eigenvalue weighted by Crippen LogP contribution is 2.45. The van der Waals surface area contributed by atoms with E-state index >= 15 is 0 Å². The number of phosphoric acid groups is 1. The molecule has 122 valence electrons. The summed E-state index contributed by atoms with van der Waals surface area (Å²) in [6.45, 7) is 12.0. The summed E-state index contributed by atoms with van der Waals surface area (Å²) in [7, 11) is -4.64. The van der Waals surface area contributed by atoms with E-state index in [0.717, 1.165) is 19.3 Å². The Morgan fingerprint density at radius 1 is 1.38 bits per heavy atom. The van der Waals surface area contributed by atoms with E-state index in [4.69, 9.17) is 19.2 Å². The third kappa shape index (κ3) is 7.21. The van der Waals surface area contributed by atoms with E-state index in [0.29, 0.717) is 0 Å². The van der Waals surface area contributed by atoms with E-state index in [2.05, 4.69) is 39.5 Å². The summed E-state index contributed by atoms with van der Waals surface area (Å²) in [5.41, 5.74) is 1.81. The summed E-state index contributed by atoms with van der Waals surface area (Å²) >= 11 is 0. The second-order valence-corrected chi connectivity index (χ2v) is 7.06. The highest BCUT2D eigenvalue weighted by Gasteiger charge is 2.42. The molecule has 0 aromatic carbocycles. The van der Waals surface area contributed by atoms with Crippen molar-refractivity contribution in [2.24, 2.45) is 5.41 Å². The van der Waals surface area contributed by atoms with Crippen LogP contribution in [0.4, 0.5) is 0 Å². The van der Waals surface area contributed by atoms with E-state index in [-0.39, 0.29) is 5.41 Å². The number of rotatable bonds is 3. The fraction of sp³-hybridized carbons (Fsp3) is 0.600. The first kappa shape index (κ1) is 20.3. The van der Waals surface area contributed by atoms with Gasteiger partial charge in [0.25, 0.3) is 0 Å². The predicted molar refractivity (Wildman–Crippen MR) is 84.6 cm³/mol. The Kier molecular flexibility index (Phi) is 7.27. The molecule has 1 aliphatic rings. The van der Waals surface area contributed by atoms with Crippen molar-refractivity contribution in [3.05, 3.63) is 36.0 Å². The summed E-state index contributed by atoms with van der Waals surface area (Å²) in [5.74, 6) is 0. The fourth-order valence-electron chi connectivity index (χ4n) is 2.13. The third-order valence-corrected chi connectivity index (χ3v) is 4.14. The standard InChI is InChI=1S/C15H24O.H3O4P/c1-6-12(2)9-10-13-8-7-11-15(5,16)14(13,3)4;1-5(2,3)4/h6,8-9,16H,1,7,10-11H2,2-5H3;(H3,1,2,3,4). The Morgan fingerprint density at radius 3 is 2.29 bits per heavy atom. The van der Waals surface area contributed by atoms with Gasteiger partial charge in [-0.3, -0.25) is 0 Å². The largest absolute Gasteiger partial charge is 0.466 e. The van der Waals surface area contributed by atoms with Crippen LogP contribution in [0.3, 0.4) is 0 Å². The van der Waals surface area contributed by atoms with Crippen molar-refractivity contribution in [2.75, 3.05) is 0 Å². The molecule has 1 unspecified atom stereocenters. The molecule has 4 N–H and O–H groups in total. The maximum Gasteiger partial charge on any atom is 0.466 e. The maximum atomic E-state index is 10.4. The van der Waals surface area contributed by atoms with Gasteiger partial charge in [0.15, 0.2) is 0 Å². The Labute approximate surface area is 127 Å². The van der Waals surface area contributed by atoms with Crippen molar-refractivity contribution in [3.8, 4) is 0 Å². The summed E-state index contributed by atoms with van der Waals surface area (Å²) < 4.78 is 8.88. The van der Waals surface area contributed by atoms with Gasteiger partial charge in [-0.05, 0) is 33.1 Å². The minimum atomic E-state index is -4.64. The normalized spacial score (nSPS) is 25.5. The van der Waals surface area contributed by atoms with Gasteiger partial charge < -0.3 is 19.8 Å². The van der Waals surface area contributed by atoms with Crippen LogP contribution in [-0.4, -0.2) is 25.4 Å². The number of hydrogen-bond acceptors (Lipinski definition) is 2. The van der Waals surface area contributed by atoms with Crippen molar-refractivity contribution in [3.63, 3.8) is 0 Å². The van der Waals surface area contributed by atoms with Gasteiger partial charge in [-0.2, -0.15) is 0 Å². The first-order chi connectivity index (χ1) is 9.31. The van der Waals surface area contributed by atoms with Crippen LogP contribution in [0.15, 0.2) is 36.0 Å². The van der Waals surface area contributed by atoms with Crippen molar-refractivity contribution in [1.29, 1.82) is 0 Å². The highest BCUT2D eigenvalue weighted by molar-refractivity contribution is 7.45. The number of hydrogen-bond donors (Lipinski definition) is 4. The molecule has 0 amide bonds. The lowest BCUT2D eigenvalue weighted by atomic mass is 9.64. The second kappa shape index (κ2) is 7.52. The second-order valence-electron chi connectivity index (χ2n) is 6.04. The molecule has 0 bridgehead atoms. The van der Waals surface area contributed by atoms with E-state index in [1.807, 2.05) is 13.0 Å². The molecule has 5 nitrogen and oxygen atoms in total. The Bertz CT molecular complexity index is 460. The van der Waals surface area contributed by atoms with E-state index in [9.17, 15) is 5.11 Å². The summed E-state index contributed by atoms with van der Waals surface area (Å²) in [4.78, 5) is 21.6. The lowest BCUT2D eigenvalue weighted by Gasteiger charge is -2.45. The van der Waals surface area contributed by atoms with Crippen LogP contribution in [0.1, 0.15) is 47.0 Å². The quantitative estimate of drug-likeness (QED) is 0.364. The first-order valence-corrected chi connectivity index (χ1v) is 8.37. The SMILES string of the molecule is C=CC(C)=CCC1=CCCC(C)(O)C1(C)C.O=P(O)(O)O. The zero-order chi connectivity index (χ0) is 16.9. The zero-order valence-corrected chi connectivity index (χ0v) is 14.1. The Balaban J connectivity index is 0.000000690. The van der Waals surface area contributed by atoms with Crippen molar-refractivity contribution in [1.82, 2.24) is 0 Å². The van der Waals surface area contributed by atoms with Crippen LogP contribution in [0.2, 0.25) is 0 Å². The molecule has 6 heteroatoms. The average molecular weight is 318 g/mol. The van der Waals surface area contributed by atoms with Crippen LogP contribution >= 0.6 is 7.82 Å².